The molecular weight excluding hydrogens is 411 g/mol. The zero-order valence-corrected chi connectivity index (χ0v) is 13.3. The number of benzene rings is 2. The number of halogens is 2. The van der Waals surface area contributed by atoms with E-state index in [2.05, 4.69) is 27.9 Å². The fourth-order valence-corrected chi connectivity index (χ4v) is 2.65. The second-order valence-electron chi connectivity index (χ2n) is 4.01. The molecule has 0 bridgehead atoms. The van der Waals surface area contributed by atoms with Crippen LogP contribution in [0, 0.1) is 13.7 Å². The number of carbonyl (C=O) groups is 1. The summed E-state index contributed by atoms with van der Waals surface area (Å²) in [7, 11) is 0. The van der Waals surface area contributed by atoms with Gasteiger partial charge in [-0.1, -0.05) is 17.7 Å². The first kappa shape index (κ1) is 15.5. The molecule has 0 aliphatic rings. The Morgan fingerprint density at radius 1 is 1.29 bits per heavy atom. The van der Waals surface area contributed by atoms with Gasteiger partial charge in [-0.05, 0) is 52.9 Å². The molecule has 0 saturated carbocycles. The lowest BCUT2D eigenvalue weighted by Crippen LogP contribution is -2.05. The van der Waals surface area contributed by atoms with Crippen LogP contribution in [0.25, 0.3) is 0 Å². The maximum absolute atomic E-state index is 11.1. The van der Waals surface area contributed by atoms with E-state index in [0.29, 0.717) is 10.7 Å². The molecule has 2 aromatic rings. The lowest BCUT2D eigenvalue weighted by molar-refractivity contribution is -0.384. The number of hydrogen-bond donors (Lipinski definition) is 2. The summed E-state index contributed by atoms with van der Waals surface area (Å²) in [6.45, 7) is 0. The first-order valence-electron chi connectivity index (χ1n) is 5.63. The number of carboxylic acids is 1. The molecule has 0 heterocycles. The normalized spacial score (nSPS) is 10.2. The monoisotopic (exact) mass is 418 g/mol. The number of nitro benzene ring substituents is 1. The van der Waals surface area contributed by atoms with E-state index in [0.717, 1.165) is 3.57 Å². The first-order valence-corrected chi connectivity index (χ1v) is 7.08. The molecule has 0 unspecified atom stereocenters. The van der Waals surface area contributed by atoms with Crippen molar-refractivity contribution in [3.05, 3.63) is 60.7 Å². The largest absolute Gasteiger partial charge is 0.477 e. The van der Waals surface area contributed by atoms with Crippen LogP contribution >= 0.6 is 34.2 Å². The standard InChI is InChI=1S/C13H8ClIN2O4/c14-9-6-7(15)4-5-10(9)16-11-3-1-2-8(13(18)19)12(11)17(20)21/h1-6,16H,(H,18,19). The number of nitrogens with zero attached hydrogens (tertiary/aromatic N) is 1. The number of nitro groups is 1. The Bertz CT molecular complexity index is 736. The van der Waals surface area contributed by atoms with Gasteiger partial charge < -0.3 is 10.4 Å². The molecular formula is C13H8ClIN2O4. The van der Waals surface area contributed by atoms with E-state index in [1.165, 1.54) is 18.2 Å². The predicted molar refractivity (Wildman–Crippen MR) is 87.5 cm³/mol. The van der Waals surface area contributed by atoms with E-state index in [-0.39, 0.29) is 11.3 Å². The number of rotatable bonds is 4. The topological polar surface area (TPSA) is 92.5 Å². The van der Waals surface area contributed by atoms with Gasteiger partial charge >= 0.3 is 11.7 Å². The highest BCUT2D eigenvalue weighted by Gasteiger charge is 2.24. The third-order valence-corrected chi connectivity index (χ3v) is 3.63. The van der Waals surface area contributed by atoms with Crippen molar-refractivity contribution in [3.63, 3.8) is 0 Å². The molecule has 2 aromatic carbocycles. The second-order valence-corrected chi connectivity index (χ2v) is 5.67. The summed E-state index contributed by atoms with van der Waals surface area (Å²) in [6.07, 6.45) is 0. The van der Waals surface area contributed by atoms with Gasteiger partial charge in [0.1, 0.15) is 11.3 Å². The van der Waals surface area contributed by atoms with Gasteiger partial charge in [-0.25, -0.2) is 4.79 Å². The van der Waals surface area contributed by atoms with Gasteiger partial charge in [0.15, 0.2) is 0 Å². The van der Waals surface area contributed by atoms with E-state index in [4.69, 9.17) is 16.7 Å². The van der Waals surface area contributed by atoms with Gasteiger partial charge in [0.05, 0.1) is 15.6 Å². The molecule has 0 fully saturated rings. The molecule has 0 amide bonds. The number of para-hydroxylation sites is 1. The van der Waals surface area contributed by atoms with Gasteiger partial charge in [-0.3, -0.25) is 10.1 Å². The average Bonchev–Trinajstić information content (AvgIpc) is 2.41. The molecule has 0 aliphatic heterocycles. The molecule has 0 radical (unpaired) electrons. The van der Waals surface area contributed by atoms with Crippen LogP contribution in [0.5, 0.6) is 0 Å². The summed E-state index contributed by atoms with van der Waals surface area (Å²) in [4.78, 5) is 21.5. The van der Waals surface area contributed by atoms with E-state index in [9.17, 15) is 14.9 Å². The van der Waals surface area contributed by atoms with Gasteiger partial charge in [0, 0.05) is 3.57 Å². The van der Waals surface area contributed by atoms with Crippen molar-refractivity contribution in [1.29, 1.82) is 0 Å². The zero-order chi connectivity index (χ0) is 15.6. The molecule has 8 heteroatoms. The molecule has 21 heavy (non-hydrogen) atoms. The van der Waals surface area contributed by atoms with Gasteiger partial charge in [0.25, 0.3) is 0 Å². The Morgan fingerprint density at radius 3 is 2.57 bits per heavy atom. The minimum absolute atomic E-state index is 0.0722. The van der Waals surface area contributed by atoms with Crippen molar-refractivity contribution < 1.29 is 14.8 Å². The molecule has 2 N–H and O–H groups in total. The maximum atomic E-state index is 11.1. The van der Waals surface area contributed by atoms with Gasteiger partial charge in [0.2, 0.25) is 0 Å². The molecule has 108 valence electrons. The molecule has 0 atom stereocenters. The van der Waals surface area contributed by atoms with Crippen molar-refractivity contribution in [2.45, 2.75) is 0 Å². The maximum Gasteiger partial charge on any atom is 0.342 e. The van der Waals surface area contributed by atoms with Crippen molar-refractivity contribution in [2.24, 2.45) is 0 Å². The van der Waals surface area contributed by atoms with Crippen LogP contribution in [0.1, 0.15) is 10.4 Å². The van der Waals surface area contributed by atoms with Crippen molar-refractivity contribution >= 4 is 57.2 Å². The molecule has 0 aromatic heterocycles. The first-order chi connectivity index (χ1) is 9.90. The molecule has 0 spiro atoms. The summed E-state index contributed by atoms with van der Waals surface area (Å²) < 4.78 is 0.914. The van der Waals surface area contributed by atoms with Crippen molar-refractivity contribution in [2.75, 3.05) is 5.32 Å². The van der Waals surface area contributed by atoms with Crippen LogP contribution in [-0.2, 0) is 0 Å². The Morgan fingerprint density at radius 2 is 2.00 bits per heavy atom. The molecule has 0 aliphatic carbocycles. The summed E-state index contributed by atoms with van der Waals surface area (Å²) in [6, 6.07) is 9.18. The quantitative estimate of drug-likeness (QED) is 0.439. The van der Waals surface area contributed by atoms with Crippen LogP contribution < -0.4 is 5.32 Å². The van der Waals surface area contributed by atoms with E-state index >= 15 is 0 Å². The lowest BCUT2D eigenvalue weighted by Gasteiger charge is -2.10. The third kappa shape index (κ3) is 3.42. The minimum atomic E-state index is -1.36. The third-order valence-electron chi connectivity index (χ3n) is 2.65. The number of aromatic carboxylic acids is 1. The molecule has 0 saturated heterocycles. The van der Waals surface area contributed by atoms with Gasteiger partial charge in [-0.15, -0.1) is 0 Å². The van der Waals surface area contributed by atoms with Crippen LogP contribution in [0.4, 0.5) is 17.1 Å². The highest BCUT2D eigenvalue weighted by atomic mass is 127. The number of hydrogen-bond acceptors (Lipinski definition) is 4. The fourth-order valence-electron chi connectivity index (χ4n) is 1.75. The zero-order valence-electron chi connectivity index (χ0n) is 10.3. The Labute approximate surface area is 138 Å². The van der Waals surface area contributed by atoms with E-state index in [1.54, 1.807) is 18.2 Å². The summed E-state index contributed by atoms with van der Waals surface area (Å²) >= 11 is 8.15. The highest BCUT2D eigenvalue weighted by molar-refractivity contribution is 14.1. The van der Waals surface area contributed by atoms with Crippen LogP contribution in [0.2, 0.25) is 5.02 Å². The van der Waals surface area contributed by atoms with Crippen molar-refractivity contribution in [1.82, 2.24) is 0 Å². The second kappa shape index (κ2) is 6.27. The highest BCUT2D eigenvalue weighted by Crippen LogP contribution is 2.34. The number of carboxylic acid groups (broad SMARTS) is 1. The Balaban J connectivity index is 2.51. The van der Waals surface area contributed by atoms with Crippen LogP contribution in [0.3, 0.4) is 0 Å². The lowest BCUT2D eigenvalue weighted by atomic mass is 10.1. The van der Waals surface area contributed by atoms with Crippen molar-refractivity contribution in [3.8, 4) is 0 Å². The Hall–Kier alpha value is -1.87. The summed E-state index contributed by atoms with van der Waals surface area (Å²) in [5, 5.41) is 23.4. The average molecular weight is 419 g/mol. The van der Waals surface area contributed by atoms with Gasteiger partial charge in [-0.2, -0.15) is 0 Å². The molecule has 6 nitrogen and oxygen atoms in total. The van der Waals surface area contributed by atoms with E-state index in [1.807, 2.05) is 0 Å². The van der Waals surface area contributed by atoms with E-state index < -0.39 is 16.6 Å². The summed E-state index contributed by atoms with van der Waals surface area (Å²) in [5.41, 5.74) is -0.350. The number of anilines is 2. The SMILES string of the molecule is O=C(O)c1cccc(Nc2ccc(I)cc2Cl)c1[N+](=O)[O-]. The molecule has 2 rings (SSSR count). The van der Waals surface area contributed by atoms with Crippen LogP contribution in [-0.4, -0.2) is 16.0 Å². The summed E-state index contributed by atoms with van der Waals surface area (Å²) in [5.74, 6) is -1.36. The smallest absolute Gasteiger partial charge is 0.342 e. The van der Waals surface area contributed by atoms with Crippen LogP contribution in [0.15, 0.2) is 36.4 Å². The number of nitrogens with one attached hydrogen (secondary N) is 1. The Kier molecular flexibility index (Phi) is 4.63. The minimum Gasteiger partial charge on any atom is -0.477 e. The fraction of sp³-hybridized carbons (Fsp3) is 0. The predicted octanol–water partition coefficient (Wildman–Crippen LogP) is 4.29.